The predicted octanol–water partition coefficient (Wildman–Crippen LogP) is 2.58. The monoisotopic (exact) mass is 595 g/mol. The largest absolute Gasteiger partial charge is 0.392 e. The molecule has 1 aliphatic rings. The Morgan fingerprint density at radius 2 is 1.70 bits per heavy atom. The van der Waals surface area contributed by atoms with E-state index in [0.29, 0.717) is 50.0 Å². The molecule has 5 amide bonds. The molecule has 0 spiro atoms. The van der Waals surface area contributed by atoms with Crippen molar-refractivity contribution in [2.75, 3.05) is 18.4 Å². The molecule has 0 radical (unpaired) electrons. The summed E-state index contributed by atoms with van der Waals surface area (Å²) in [6.45, 7) is 4.54. The summed E-state index contributed by atoms with van der Waals surface area (Å²) in [5, 5.41) is 23.3. The Balaban J connectivity index is 1.60. The van der Waals surface area contributed by atoms with Crippen LogP contribution in [-0.2, 0) is 25.8 Å². The third-order valence-electron chi connectivity index (χ3n) is 7.38. The molecule has 2 aromatic rings. The van der Waals surface area contributed by atoms with Crippen LogP contribution in [0.3, 0.4) is 0 Å². The first kappa shape index (κ1) is 33.1. The van der Waals surface area contributed by atoms with Crippen molar-refractivity contribution in [3.8, 4) is 0 Å². The SMILES string of the molecule is CC(C)[C@H](CC(=O)CCCCCN1C(=O)C=CC1=O)c1cn([C@@H](CCCNC(N)=O)C(=O)Nc2ccc(CO)cc2)nn1. The number of benzene rings is 1. The number of aromatic nitrogens is 3. The molecule has 0 bridgehead atoms. The molecule has 232 valence electrons. The number of Topliss-reactive ketones (excluding diaryl/α,β-unsaturated/α-hetero) is 1. The van der Waals surface area contributed by atoms with Crippen molar-refractivity contribution in [2.24, 2.45) is 11.7 Å². The van der Waals surface area contributed by atoms with Crippen LogP contribution in [0.1, 0.15) is 82.0 Å². The maximum Gasteiger partial charge on any atom is 0.312 e. The molecule has 0 saturated carbocycles. The van der Waals surface area contributed by atoms with Crippen LogP contribution in [0.2, 0.25) is 0 Å². The van der Waals surface area contributed by atoms with Gasteiger partial charge in [-0.15, -0.1) is 5.10 Å². The number of hydrogen-bond donors (Lipinski definition) is 4. The van der Waals surface area contributed by atoms with Gasteiger partial charge in [0, 0.05) is 55.9 Å². The maximum atomic E-state index is 13.3. The number of unbranched alkanes of at least 4 members (excludes halogenated alkanes) is 2. The number of nitrogens with two attached hydrogens (primary N) is 1. The number of amides is 5. The first-order valence-corrected chi connectivity index (χ1v) is 14.6. The van der Waals surface area contributed by atoms with Crippen molar-refractivity contribution < 1.29 is 29.1 Å². The highest BCUT2D eigenvalue weighted by molar-refractivity contribution is 6.12. The molecule has 43 heavy (non-hydrogen) atoms. The number of carbonyl (C=O) groups is 5. The van der Waals surface area contributed by atoms with Gasteiger partial charge >= 0.3 is 6.03 Å². The summed E-state index contributed by atoms with van der Waals surface area (Å²) >= 11 is 0. The van der Waals surface area contributed by atoms with E-state index in [-0.39, 0.29) is 54.9 Å². The number of nitrogens with zero attached hydrogens (tertiary/aromatic N) is 4. The van der Waals surface area contributed by atoms with Crippen molar-refractivity contribution in [3.05, 3.63) is 53.9 Å². The minimum absolute atomic E-state index is 0.0846. The van der Waals surface area contributed by atoms with Gasteiger partial charge in [-0.25, -0.2) is 9.48 Å². The lowest BCUT2D eigenvalue weighted by molar-refractivity contribution is -0.137. The number of hydrogen-bond acceptors (Lipinski definition) is 8. The predicted molar refractivity (Wildman–Crippen MR) is 158 cm³/mol. The zero-order valence-electron chi connectivity index (χ0n) is 24.7. The van der Waals surface area contributed by atoms with Crippen LogP contribution in [-0.4, -0.2) is 67.6 Å². The summed E-state index contributed by atoms with van der Waals surface area (Å²) in [4.78, 5) is 61.8. The van der Waals surface area contributed by atoms with Crippen molar-refractivity contribution in [1.29, 1.82) is 0 Å². The zero-order valence-corrected chi connectivity index (χ0v) is 24.7. The number of carbonyl (C=O) groups excluding carboxylic acids is 5. The number of primary amides is 1. The average Bonchev–Trinajstić information content (AvgIpc) is 3.57. The van der Waals surface area contributed by atoms with Crippen molar-refractivity contribution in [1.82, 2.24) is 25.2 Å². The van der Waals surface area contributed by atoms with Crippen LogP contribution in [0.4, 0.5) is 10.5 Å². The van der Waals surface area contributed by atoms with E-state index in [1.165, 1.54) is 21.7 Å². The topological polar surface area (TPSA) is 190 Å². The number of nitrogens with one attached hydrogen (secondary N) is 2. The summed E-state index contributed by atoms with van der Waals surface area (Å²) in [7, 11) is 0. The first-order chi connectivity index (χ1) is 20.6. The fourth-order valence-electron chi connectivity index (χ4n) is 4.87. The Hall–Kier alpha value is -4.39. The van der Waals surface area contributed by atoms with Crippen LogP contribution in [0, 0.1) is 5.92 Å². The summed E-state index contributed by atoms with van der Waals surface area (Å²) in [6.07, 6.45) is 7.71. The molecule has 5 N–H and O–H groups in total. The third kappa shape index (κ3) is 10.1. The Morgan fingerprint density at radius 3 is 2.33 bits per heavy atom. The van der Waals surface area contributed by atoms with Gasteiger partial charge in [0.2, 0.25) is 5.91 Å². The van der Waals surface area contributed by atoms with Crippen molar-refractivity contribution >= 4 is 35.2 Å². The van der Waals surface area contributed by atoms with Crippen LogP contribution in [0.15, 0.2) is 42.6 Å². The summed E-state index contributed by atoms with van der Waals surface area (Å²) in [5.41, 5.74) is 7.05. The van der Waals surface area contributed by atoms with Crippen LogP contribution < -0.4 is 16.4 Å². The molecule has 1 aliphatic heterocycles. The zero-order chi connectivity index (χ0) is 31.4. The Bertz CT molecular complexity index is 1290. The van der Waals surface area contributed by atoms with E-state index in [0.717, 1.165) is 12.0 Å². The Morgan fingerprint density at radius 1 is 1.00 bits per heavy atom. The first-order valence-electron chi connectivity index (χ1n) is 14.6. The number of aliphatic hydroxyl groups excluding tert-OH is 1. The molecule has 0 unspecified atom stereocenters. The fourth-order valence-corrected chi connectivity index (χ4v) is 4.87. The van der Waals surface area contributed by atoms with Gasteiger partial charge in [-0.3, -0.25) is 24.1 Å². The molecular formula is C30H41N7O6. The third-order valence-corrected chi connectivity index (χ3v) is 7.38. The molecule has 2 heterocycles. The van der Waals surface area contributed by atoms with Crippen LogP contribution >= 0.6 is 0 Å². The normalized spacial score (nSPS) is 14.3. The minimum Gasteiger partial charge on any atom is -0.392 e. The number of rotatable bonds is 18. The van der Waals surface area contributed by atoms with E-state index >= 15 is 0 Å². The van der Waals surface area contributed by atoms with Crippen LogP contribution in [0.25, 0.3) is 0 Å². The minimum atomic E-state index is -0.735. The van der Waals surface area contributed by atoms with E-state index in [1.54, 1.807) is 30.5 Å². The maximum absolute atomic E-state index is 13.3. The summed E-state index contributed by atoms with van der Waals surface area (Å²) in [6, 6.07) is 5.45. The fraction of sp³-hybridized carbons (Fsp3) is 0.500. The van der Waals surface area contributed by atoms with Crippen molar-refractivity contribution in [2.45, 2.75) is 77.4 Å². The summed E-state index contributed by atoms with van der Waals surface area (Å²) in [5.74, 6) is -0.941. The highest BCUT2D eigenvalue weighted by Gasteiger charge is 2.27. The lowest BCUT2D eigenvalue weighted by Crippen LogP contribution is -2.31. The highest BCUT2D eigenvalue weighted by Crippen LogP contribution is 2.29. The van der Waals surface area contributed by atoms with Crippen molar-refractivity contribution in [3.63, 3.8) is 0 Å². The van der Waals surface area contributed by atoms with Gasteiger partial charge in [-0.2, -0.15) is 0 Å². The van der Waals surface area contributed by atoms with E-state index in [4.69, 9.17) is 5.73 Å². The van der Waals surface area contributed by atoms with E-state index in [2.05, 4.69) is 20.9 Å². The second-order valence-electron chi connectivity index (χ2n) is 11.0. The number of aliphatic hydroxyl groups is 1. The van der Waals surface area contributed by atoms with Gasteiger partial charge in [0.15, 0.2) is 0 Å². The number of imide groups is 1. The van der Waals surface area contributed by atoms with Gasteiger partial charge in [0.25, 0.3) is 11.8 Å². The van der Waals surface area contributed by atoms with Gasteiger partial charge in [0.1, 0.15) is 11.8 Å². The van der Waals surface area contributed by atoms with Gasteiger partial charge in [0.05, 0.1) is 12.3 Å². The lowest BCUT2D eigenvalue weighted by Gasteiger charge is -2.19. The molecule has 0 fully saturated rings. The molecular weight excluding hydrogens is 554 g/mol. The molecule has 13 nitrogen and oxygen atoms in total. The Labute approximate surface area is 250 Å². The molecule has 1 aromatic carbocycles. The molecule has 2 atom stereocenters. The number of anilines is 1. The summed E-state index contributed by atoms with van der Waals surface area (Å²) < 4.78 is 1.49. The molecule has 1 aromatic heterocycles. The molecule has 13 heteroatoms. The van der Waals surface area contributed by atoms with Gasteiger partial charge < -0.3 is 21.5 Å². The molecule has 3 rings (SSSR count). The second-order valence-corrected chi connectivity index (χ2v) is 11.0. The van der Waals surface area contributed by atoms with Crippen LogP contribution in [0.5, 0.6) is 0 Å². The molecule has 0 saturated heterocycles. The number of ketones is 1. The van der Waals surface area contributed by atoms with E-state index in [1.807, 2.05) is 13.8 Å². The number of urea groups is 1. The lowest BCUT2D eigenvalue weighted by atomic mass is 9.87. The van der Waals surface area contributed by atoms with Gasteiger partial charge in [-0.1, -0.05) is 37.6 Å². The Kier molecular flexibility index (Phi) is 12.6. The average molecular weight is 596 g/mol. The quantitative estimate of drug-likeness (QED) is 0.149. The van der Waals surface area contributed by atoms with E-state index < -0.39 is 12.1 Å². The second kappa shape index (κ2) is 16.3. The smallest absolute Gasteiger partial charge is 0.312 e. The standard InChI is InChI=1S/C30H41N7O6/c1-20(2)24(17-23(39)7-4-3-5-16-36-27(40)13-14-28(36)41)25-18-37(35-34-25)26(8-6-15-32-30(31)43)29(42)33-22-11-9-21(19-38)10-12-22/h9-14,18,20,24,26,38H,3-8,15-17,19H2,1-2H3,(H,33,42)(H3,31,32,43)/t24-,26-/m0/s1. The highest BCUT2D eigenvalue weighted by atomic mass is 16.3. The van der Waals surface area contributed by atoms with Gasteiger partial charge in [-0.05, 0) is 49.3 Å². The molecule has 0 aliphatic carbocycles. The van der Waals surface area contributed by atoms with E-state index in [9.17, 15) is 29.1 Å².